The molecule has 1 unspecified atom stereocenters. The van der Waals surface area contributed by atoms with Crippen LogP contribution in [0, 0.1) is 0 Å². The molecule has 2 N–H and O–H groups in total. The number of hydrogen-bond acceptors (Lipinski definition) is 3. The van der Waals surface area contributed by atoms with Crippen LogP contribution < -0.4 is 10.6 Å². The van der Waals surface area contributed by atoms with Gasteiger partial charge >= 0.3 is 0 Å². The molecule has 1 atom stereocenters. The van der Waals surface area contributed by atoms with E-state index in [-0.39, 0.29) is 6.04 Å². The zero-order valence-corrected chi connectivity index (χ0v) is 7.63. The van der Waals surface area contributed by atoms with Gasteiger partial charge in [0, 0.05) is 19.4 Å². The van der Waals surface area contributed by atoms with Crippen molar-refractivity contribution >= 4 is 0 Å². The van der Waals surface area contributed by atoms with Crippen LogP contribution in [0.3, 0.4) is 0 Å². The molecule has 0 saturated carbocycles. The van der Waals surface area contributed by atoms with Gasteiger partial charge in [-0.05, 0) is 25.3 Å². The van der Waals surface area contributed by atoms with Crippen molar-refractivity contribution in [1.29, 1.82) is 0 Å². The highest BCUT2D eigenvalue weighted by atomic mass is 16.5. The molecule has 0 radical (unpaired) electrons. The summed E-state index contributed by atoms with van der Waals surface area (Å²) in [5, 5.41) is 6.51. The van der Waals surface area contributed by atoms with Crippen molar-refractivity contribution in [3.8, 4) is 0 Å². The number of likely N-dealkylation sites (N-methyl/N-ethyl adjacent to an activating group) is 1. The van der Waals surface area contributed by atoms with Gasteiger partial charge in [0.05, 0.1) is 12.6 Å². The van der Waals surface area contributed by atoms with Crippen molar-refractivity contribution in [2.75, 3.05) is 20.3 Å². The normalized spacial score (nSPS) is 21.5. The Bertz CT molecular complexity index is 187. The third-order valence-corrected chi connectivity index (χ3v) is 1.76. The second-order valence-electron chi connectivity index (χ2n) is 2.69. The second-order valence-corrected chi connectivity index (χ2v) is 2.69. The fourth-order valence-corrected chi connectivity index (χ4v) is 1.22. The fraction of sp³-hybridized carbons (Fsp3) is 0.556. The number of nitrogens with one attached hydrogen (secondary N) is 2. The van der Waals surface area contributed by atoms with E-state index in [0.29, 0.717) is 6.61 Å². The molecule has 1 heterocycles. The summed E-state index contributed by atoms with van der Waals surface area (Å²) in [4.78, 5) is 0. The number of rotatable bonds is 4. The first-order chi connectivity index (χ1) is 5.88. The van der Waals surface area contributed by atoms with Gasteiger partial charge in [0.15, 0.2) is 0 Å². The maximum absolute atomic E-state index is 5.08. The summed E-state index contributed by atoms with van der Waals surface area (Å²) < 4.78 is 5.08. The average Bonchev–Trinajstić information content (AvgIpc) is 2.09. The van der Waals surface area contributed by atoms with Crippen LogP contribution in [-0.2, 0) is 4.74 Å². The Hall–Kier alpha value is -0.960. The molecule has 0 fully saturated rings. The molecule has 3 nitrogen and oxygen atoms in total. The summed E-state index contributed by atoms with van der Waals surface area (Å²) in [5.74, 6) is 0. The van der Waals surface area contributed by atoms with Gasteiger partial charge in [-0.25, -0.2) is 0 Å². The van der Waals surface area contributed by atoms with E-state index >= 15 is 0 Å². The number of allylic oxidation sites excluding steroid dienone is 2. The van der Waals surface area contributed by atoms with E-state index in [1.54, 1.807) is 7.11 Å². The smallest absolute Gasteiger partial charge is 0.0890 e. The van der Waals surface area contributed by atoms with E-state index in [4.69, 9.17) is 4.74 Å². The highest BCUT2D eigenvalue weighted by molar-refractivity contribution is 5.21. The van der Waals surface area contributed by atoms with Crippen molar-refractivity contribution in [2.24, 2.45) is 0 Å². The molecule has 0 amide bonds. The molecule has 0 aliphatic carbocycles. The first-order valence-corrected chi connectivity index (χ1v) is 4.24. The van der Waals surface area contributed by atoms with Gasteiger partial charge in [0.2, 0.25) is 0 Å². The predicted molar refractivity (Wildman–Crippen MR) is 49.7 cm³/mol. The molecule has 3 heteroatoms. The molecule has 0 spiro atoms. The minimum Gasteiger partial charge on any atom is -0.387 e. The van der Waals surface area contributed by atoms with Gasteiger partial charge < -0.3 is 15.4 Å². The van der Waals surface area contributed by atoms with Crippen LogP contribution in [0.1, 0.15) is 6.92 Å². The molecule has 0 aromatic rings. The van der Waals surface area contributed by atoms with Crippen LogP contribution in [0.25, 0.3) is 0 Å². The van der Waals surface area contributed by atoms with Crippen LogP contribution in [-0.4, -0.2) is 26.3 Å². The highest BCUT2D eigenvalue weighted by Gasteiger charge is 2.12. The molecule has 0 aromatic carbocycles. The molecule has 0 bridgehead atoms. The minimum absolute atomic E-state index is 0.278. The molecular formula is C9H16N2O. The summed E-state index contributed by atoms with van der Waals surface area (Å²) in [6.45, 7) is 3.73. The SMILES string of the molecule is CCNC1=CC=CNC1COC. The third-order valence-electron chi connectivity index (χ3n) is 1.76. The number of methoxy groups -OCH3 is 1. The number of ether oxygens (including phenoxy) is 1. The zero-order chi connectivity index (χ0) is 8.81. The molecular weight excluding hydrogens is 152 g/mol. The van der Waals surface area contributed by atoms with Gasteiger partial charge in [-0.15, -0.1) is 0 Å². The summed E-state index contributed by atoms with van der Waals surface area (Å²) in [7, 11) is 1.71. The van der Waals surface area contributed by atoms with E-state index in [1.807, 2.05) is 12.3 Å². The lowest BCUT2D eigenvalue weighted by molar-refractivity contribution is 0.179. The van der Waals surface area contributed by atoms with Crippen molar-refractivity contribution in [1.82, 2.24) is 10.6 Å². The van der Waals surface area contributed by atoms with E-state index < -0.39 is 0 Å². The monoisotopic (exact) mass is 168 g/mol. The Kier molecular flexibility index (Phi) is 3.67. The minimum atomic E-state index is 0.278. The van der Waals surface area contributed by atoms with E-state index in [2.05, 4.69) is 23.6 Å². The van der Waals surface area contributed by atoms with Gasteiger partial charge in [-0.3, -0.25) is 0 Å². The maximum Gasteiger partial charge on any atom is 0.0890 e. The van der Waals surface area contributed by atoms with Crippen LogP contribution in [0.15, 0.2) is 24.0 Å². The predicted octanol–water partition coefficient (Wildman–Crippen LogP) is 0.612. The molecule has 0 saturated heterocycles. The molecule has 1 aliphatic heterocycles. The molecule has 1 aliphatic rings. The Morgan fingerprint density at radius 1 is 1.67 bits per heavy atom. The molecule has 0 aromatic heterocycles. The third kappa shape index (κ3) is 2.27. The summed E-state index contributed by atoms with van der Waals surface area (Å²) in [5.41, 5.74) is 1.20. The van der Waals surface area contributed by atoms with E-state index in [9.17, 15) is 0 Å². The van der Waals surface area contributed by atoms with Gasteiger partial charge in [-0.2, -0.15) is 0 Å². The van der Waals surface area contributed by atoms with Crippen LogP contribution in [0.5, 0.6) is 0 Å². The summed E-state index contributed by atoms with van der Waals surface area (Å²) in [6.07, 6.45) is 6.00. The summed E-state index contributed by atoms with van der Waals surface area (Å²) in [6, 6.07) is 0.278. The first kappa shape index (κ1) is 9.13. The fourth-order valence-electron chi connectivity index (χ4n) is 1.22. The van der Waals surface area contributed by atoms with Gasteiger partial charge in [0.1, 0.15) is 0 Å². The first-order valence-electron chi connectivity index (χ1n) is 4.24. The maximum atomic E-state index is 5.08. The number of hydrogen-bond donors (Lipinski definition) is 2. The Morgan fingerprint density at radius 3 is 3.17 bits per heavy atom. The van der Waals surface area contributed by atoms with Crippen molar-refractivity contribution in [2.45, 2.75) is 13.0 Å². The second kappa shape index (κ2) is 4.83. The number of dihydropyridines is 1. The van der Waals surface area contributed by atoms with Crippen LogP contribution >= 0.6 is 0 Å². The molecule has 12 heavy (non-hydrogen) atoms. The molecule has 1 rings (SSSR count). The lowest BCUT2D eigenvalue weighted by atomic mass is 10.1. The largest absolute Gasteiger partial charge is 0.387 e. The van der Waals surface area contributed by atoms with Crippen molar-refractivity contribution in [3.05, 3.63) is 24.0 Å². The van der Waals surface area contributed by atoms with E-state index in [0.717, 1.165) is 6.54 Å². The van der Waals surface area contributed by atoms with E-state index in [1.165, 1.54) is 5.70 Å². The van der Waals surface area contributed by atoms with Gasteiger partial charge in [0.25, 0.3) is 0 Å². The quantitative estimate of drug-likeness (QED) is 0.645. The highest BCUT2D eigenvalue weighted by Crippen LogP contribution is 2.03. The molecule has 68 valence electrons. The average molecular weight is 168 g/mol. The lowest BCUT2D eigenvalue weighted by Gasteiger charge is -2.23. The zero-order valence-electron chi connectivity index (χ0n) is 7.63. The van der Waals surface area contributed by atoms with Crippen LogP contribution in [0.2, 0.25) is 0 Å². The lowest BCUT2D eigenvalue weighted by Crippen LogP contribution is -2.38. The Labute approximate surface area is 73.5 Å². The standard InChI is InChI=1S/C9H16N2O/c1-3-10-8-5-4-6-11-9(8)7-12-2/h4-6,9-11H,3,7H2,1-2H3. The van der Waals surface area contributed by atoms with Crippen molar-refractivity contribution < 1.29 is 4.74 Å². The topological polar surface area (TPSA) is 33.3 Å². The summed E-state index contributed by atoms with van der Waals surface area (Å²) >= 11 is 0. The van der Waals surface area contributed by atoms with Crippen molar-refractivity contribution in [3.63, 3.8) is 0 Å². The Balaban J connectivity index is 2.50. The van der Waals surface area contributed by atoms with Crippen LogP contribution in [0.4, 0.5) is 0 Å². The van der Waals surface area contributed by atoms with Gasteiger partial charge in [-0.1, -0.05) is 0 Å². The Morgan fingerprint density at radius 2 is 2.50 bits per heavy atom.